The summed E-state index contributed by atoms with van der Waals surface area (Å²) in [6.45, 7) is 3.94. The minimum Gasteiger partial charge on any atom is -0.381 e. The van der Waals surface area contributed by atoms with Gasteiger partial charge in [-0.1, -0.05) is 6.07 Å². The van der Waals surface area contributed by atoms with Crippen LogP contribution in [0.3, 0.4) is 0 Å². The lowest BCUT2D eigenvalue weighted by Gasteiger charge is -2.20. The maximum atomic E-state index is 5.52. The standard InChI is InChI=1S/C14H18N2O/c1-11-4-2-6-14-15-13(9-16(11)14)8-12-5-3-7-17-10-12/h2,4,6,9,12H,3,5,7-8,10H2,1H3. The monoisotopic (exact) mass is 230 g/mol. The summed E-state index contributed by atoms with van der Waals surface area (Å²) >= 11 is 0. The molecular weight excluding hydrogens is 212 g/mol. The fraction of sp³-hybridized carbons (Fsp3) is 0.500. The summed E-state index contributed by atoms with van der Waals surface area (Å²) in [6, 6.07) is 6.24. The molecule has 0 aromatic carbocycles. The molecule has 1 aliphatic heterocycles. The Labute approximate surface area is 101 Å². The van der Waals surface area contributed by atoms with Crippen LogP contribution in [0.25, 0.3) is 5.65 Å². The second-order valence-corrected chi connectivity index (χ2v) is 4.91. The Bertz CT molecular complexity index is 512. The van der Waals surface area contributed by atoms with Crippen molar-refractivity contribution in [1.82, 2.24) is 9.38 Å². The topological polar surface area (TPSA) is 26.5 Å². The molecule has 0 radical (unpaired) electrons. The average molecular weight is 230 g/mol. The molecule has 1 fully saturated rings. The SMILES string of the molecule is Cc1cccc2nc(CC3CCCOC3)cn12. The number of hydrogen-bond acceptors (Lipinski definition) is 2. The highest BCUT2D eigenvalue weighted by Gasteiger charge is 2.16. The smallest absolute Gasteiger partial charge is 0.137 e. The van der Waals surface area contributed by atoms with E-state index < -0.39 is 0 Å². The molecule has 3 heterocycles. The van der Waals surface area contributed by atoms with E-state index in [1.165, 1.54) is 24.2 Å². The van der Waals surface area contributed by atoms with Crippen LogP contribution in [0.5, 0.6) is 0 Å². The third-order valence-corrected chi connectivity index (χ3v) is 3.50. The van der Waals surface area contributed by atoms with Gasteiger partial charge in [-0.15, -0.1) is 0 Å². The van der Waals surface area contributed by atoms with Crippen LogP contribution >= 0.6 is 0 Å². The van der Waals surface area contributed by atoms with Gasteiger partial charge in [0.1, 0.15) is 5.65 Å². The van der Waals surface area contributed by atoms with Crippen LogP contribution in [0.2, 0.25) is 0 Å². The second kappa shape index (κ2) is 4.49. The summed E-state index contributed by atoms with van der Waals surface area (Å²) < 4.78 is 7.68. The van der Waals surface area contributed by atoms with Crippen molar-refractivity contribution in [3.8, 4) is 0 Å². The molecule has 3 heteroatoms. The number of aryl methyl sites for hydroxylation is 1. The zero-order valence-corrected chi connectivity index (χ0v) is 10.2. The van der Waals surface area contributed by atoms with E-state index in [1.54, 1.807) is 0 Å². The van der Waals surface area contributed by atoms with Crippen molar-refractivity contribution in [1.29, 1.82) is 0 Å². The van der Waals surface area contributed by atoms with Crippen molar-refractivity contribution in [3.05, 3.63) is 35.8 Å². The number of hydrogen-bond donors (Lipinski definition) is 0. The van der Waals surface area contributed by atoms with E-state index in [0.717, 1.165) is 25.3 Å². The Kier molecular flexibility index (Phi) is 2.85. The molecule has 2 aromatic rings. The molecule has 0 aliphatic carbocycles. The summed E-state index contributed by atoms with van der Waals surface area (Å²) in [5, 5.41) is 0. The molecule has 1 atom stereocenters. The number of fused-ring (bicyclic) bond motifs is 1. The van der Waals surface area contributed by atoms with Crippen LogP contribution in [0.4, 0.5) is 0 Å². The minimum atomic E-state index is 0.647. The van der Waals surface area contributed by atoms with Crippen LogP contribution in [-0.2, 0) is 11.2 Å². The van der Waals surface area contributed by atoms with E-state index in [-0.39, 0.29) is 0 Å². The molecule has 90 valence electrons. The average Bonchev–Trinajstić information content (AvgIpc) is 2.74. The summed E-state index contributed by atoms with van der Waals surface area (Å²) in [7, 11) is 0. The summed E-state index contributed by atoms with van der Waals surface area (Å²) in [6.07, 6.45) is 5.67. The van der Waals surface area contributed by atoms with Gasteiger partial charge in [-0.05, 0) is 44.2 Å². The predicted octanol–water partition coefficient (Wildman–Crippen LogP) is 2.61. The zero-order chi connectivity index (χ0) is 11.7. The quantitative estimate of drug-likeness (QED) is 0.792. The first kappa shape index (κ1) is 10.8. The molecule has 0 N–H and O–H groups in total. The van der Waals surface area contributed by atoms with Crippen LogP contribution in [0.1, 0.15) is 24.2 Å². The molecule has 1 aliphatic rings. The first-order valence-electron chi connectivity index (χ1n) is 6.34. The van der Waals surface area contributed by atoms with Gasteiger partial charge in [0.05, 0.1) is 5.69 Å². The van der Waals surface area contributed by atoms with Crippen molar-refractivity contribution in [2.24, 2.45) is 5.92 Å². The number of pyridine rings is 1. The highest BCUT2D eigenvalue weighted by atomic mass is 16.5. The van der Waals surface area contributed by atoms with E-state index in [0.29, 0.717) is 5.92 Å². The molecule has 0 spiro atoms. The molecule has 0 saturated carbocycles. The van der Waals surface area contributed by atoms with Crippen LogP contribution in [0, 0.1) is 12.8 Å². The molecular formula is C14H18N2O. The Balaban J connectivity index is 1.83. The van der Waals surface area contributed by atoms with Crippen LogP contribution in [-0.4, -0.2) is 22.6 Å². The van der Waals surface area contributed by atoms with Crippen molar-refractivity contribution < 1.29 is 4.74 Å². The minimum absolute atomic E-state index is 0.647. The number of ether oxygens (including phenoxy) is 1. The lowest BCUT2D eigenvalue weighted by molar-refractivity contribution is 0.0547. The van der Waals surface area contributed by atoms with Crippen LogP contribution < -0.4 is 0 Å². The van der Waals surface area contributed by atoms with Gasteiger partial charge in [-0.3, -0.25) is 0 Å². The van der Waals surface area contributed by atoms with E-state index >= 15 is 0 Å². The maximum absolute atomic E-state index is 5.52. The maximum Gasteiger partial charge on any atom is 0.137 e. The van der Waals surface area contributed by atoms with E-state index in [9.17, 15) is 0 Å². The van der Waals surface area contributed by atoms with Crippen molar-refractivity contribution in [2.45, 2.75) is 26.2 Å². The lowest BCUT2D eigenvalue weighted by Crippen LogP contribution is -2.19. The van der Waals surface area contributed by atoms with E-state index in [1.807, 2.05) is 0 Å². The predicted molar refractivity (Wildman–Crippen MR) is 67.2 cm³/mol. The Morgan fingerprint density at radius 2 is 2.41 bits per heavy atom. The number of rotatable bonds is 2. The molecule has 3 rings (SSSR count). The summed E-state index contributed by atoms with van der Waals surface area (Å²) in [4.78, 5) is 4.68. The summed E-state index contributed by atoms with van der Waals surface area (Å²) in [5.41, 5.74) is 3.48. The Hall–Kier alpha value is -1.35. The molecule has 1 unspecified atom stereocenters. The third-order valence-electron chi connectivity index (χ3n) is 3.50. The first-order chi connectivity index (χ1) is 8.33. The lowest BCUT2D eigenvalue weighted by atomic mass is 9.97. The number of aromatic nitrogens is 2. The molecule has 0 amide bonds. The van der Waals surface area contributed by atoms with Crippen LogP contribution in [0.15, 0.2) is 24.4 Å². The molecule has 3 nitrogen and oxygen atoms in total. The molecule has 2 aromatic heterocycles. The van der Waals surface area contributed by atoms with Crippen molar-refractivity contribution >= 4 is 5.65 Å². The number of imidazole rings is 1. The fourth-order valence-electron chi connectivity index (χ4n) is 2.56. The highest BCUT2D eigenvalue weighted by molar-refractivity contribution is 5.41. The van der Waals surface area contributed by atoms with Gasteiger partial charge in [-0.25, -0.2) is 4.98 Å². The van der Waals surface area contributed by atoms with Crippen molar-refractivity contribution in [3.63, 3.8) is 0 Å². The van der Waals surface area contributed by atoms with Gasteiger partial charge in [0, 0.05) is 25.1 Å². The Morgan fingerprint density at radius 1 is 1.47 bits per heavy atom. The normalized spacial score (nSPS) is 20.9. The van der Waals surface area contributed by atoms with Gasteiger partial charge < -0.3 is 9.14 Å². The van der Waals surface area contributed by atoms with Gasteiger partial charge in [0.15, 0.2) is 0 Å². The van der Waals surface area contributed by atoms with Gasteiger partial charge in [0.2, 0.25) is 0 Å². The van der Waals surface area contributed by atoms with Gasteiger partial charge in [-0.2, -0.15) is 0 Å². The first-order valence-corrected chi connectivity index (χ1v) is 6.34. The highest BCUT2D eigenvalue weighted by Crippen LogP contribution is 2.19. The van der Waals surface area contributed by atoms with E-state index in [2.05, 4.69) is 40.7 Å². The van der Waals surface area contributed by atoms with Gasteiger partial charge in [0.25, 0.3) is 0 Å². The molecule has 17 heavy (non-hydrogen) atoms. The molecule has 1 saturated heterocycles. The third kappa shape index (κ3) is 2.20. The van der Waals surface area contributed by atoms with Crippen molar-refractivity contribution in [2.75, 3.05) is 13.2 Å². The van der Waals surface area contributed by atoms with E-state index in [4.69, 9.17) is 4.74 Å². The largest absolute Gasteiger partial charge is 0.381 e. The number of nitrogens with zero attached hydrogens (tertiary/aromatic N) is 2. The second-order valence-electron chi connectivity index (χ2n) is 4.91. The zero-order valence-electron chi connectivity index (χ0n) is 10.2. The summed E-state index contributed by atoms with van der Waals surface area (Å²) in [5.74, 6) is 0.647. The van der Waals surface area contributed by atoms with Gasteiger partial charge >= 0.3 is 0 Å². The molecule has 0 bridgehead atoms. The fourth-order valence-corrected chi connectivity index (χ4v) is 2.56. The Morgan fingerprint density at radius 3 is 3.18 bits per heavy atom.